The first kappa shape index (κ1) is 13.1. The molecule has 0 aliphatic rings. The number of aryl methyl sites for hydroxylation is 1. The van der Waals surface area contributed by atoms with E-state index in [1.165, 1.54) is 6.20 Å². The minimum atomic E-state index is -3.60. The third-order valence-corrected chi connectivity index (χ3v) is 4.79. The Hall–Kier alpha value is -0.990. The predicted molar refractivity (Wildman–Crippen MR) is 58.9 cm³/mol. The van der Waals surface area contributed by atoms with Crippen molar-refractivity contribution in [2.75, 3.05) is 6.54 Å². The maximum Gasteiger partial charge on any atom is 0.304 e. The summed E-state index contributed by atoms with van der Waals surface area (Å²) in [4.78, 5) is 14.2. The minimum Gasteiger partial charge on any atom is -0.481 e. The molecule has 0 fully saturated rings. The van der Waals surface area contributed by atoms with Crippen LogP contribution in [0.25, 0.3) is 0 Å². The molecule has 16 heavy (non-hydrogen) atoms. The second-order valence-electron chi connectivity index (χ2n) is 2.97. The summed E-state index contributed by atoms with van der Waals surface area (Å²) in [5, 5.41) is 9.11. The highest BCUT2D eigenvalue weighted by molar-refractivity contribution is 7.91. The maximum atomic E-state index is 11.6. The van der Waals surface area contributed by atoms with Crippen LogP contribution in [-0.2, 0) is 21.2 Å². The molecular formula is C8H12N2O4S2. The molecule has 1 rings (SSSR count). The van der Waals surface area contributed by atoms with E-state index in [4.69, 9.17) is 5.11 Å². The van der Waals surface area contributed by atoms with E-state index in [0.717, 1.165) is 16.3 Å². The van der Waals surface area contributed by atoms with E-state index in [1.54, 1.807) is 0 Å². The zero-order valence-electron chi connectivity index (χ0n) is 8.63. The highest BCUT2D eigenvalue weighted by atomic mass is 32.2. The molecule has 0 aliphatic carbocycles. The number of thiazole rings is 1. The zero-order valence-corrected chi connectivity index (χ0v) is 10.3. The number of aromatic nitrogens is 1. The van der Waals surface area contributed by atoms with Crippen molar-refractivity contribution < 1.29 is 18.3 Å². The van der Waals surface area contributed by atoms with Gasteiger partial charge in [0.1, 0.15) is 0 Å². The van der Waals surface area contributed by atoms with Gasteiger partial charge in [-0.05, 0) is 6.42 Å². The molecule has 6 nitrogen and oxygen atoms in total. The SMILES string of the molecule is CCc1ncc(S(=O)(=O)NCCC(=O)O)s1. The third-order valence-electron chi connectivity index (χ3n) is 1.73. The summed E-state index contributed by atoms with van der Waals surface area (Å²) in [5.74, 6) is -1.04. The zero-order chi connectivity index (χ0) is 12.2. The van der Waals surface area contributed by atoms with Crippen LogP contribution < -0.4 is 4.72 Å². The van der Waals surface area contributed by atoms with Crippen LogP contribution >= 0.6 is 11.3 Å². The van der Waals surface area contributed by atoms with Gasteiger partial charge >= 0.3 is 5.97 Å². The quantitative estimate of drug-likeness (QED) is 0.778. The Morgan fingerprint density at radius 1 is 1.62 bits per heavy atom. The molecule has 0 bridgehead atoms. The normalized spacial score (nSPS) is 11.6. The Kier molecular flexibility index (Phi) is 4.39. The van der Waals surface area contributed by atoms with Crippen molar-refractivity contribution in [2.45, 2.75) is 24.0 Å². The molecular weight excluding hydrogens is 252 g/mol. The Morgan fingerprint density at radius 3 is 2.81 bits per heavy atom. The molecule has 0 unspecified atom stereocenters. The van der Waals surface area contributed by atoms with Crippen molar-refractivity contribution in [3.63, 3.8) is 0 Å². The molecule has 2 N–H and O–H groups in total. The number of carboxylic acid groups (broad SMARTS) is 1. The van der Waals surface area contributed by atoms with Crippen molar-refractivity contribution in [3.8, 4) is 0 Å². The maximum absolute atomic E-state index is 11.6. The fraction of sp³-hybridized carbons (Fsp3) is 0.500. The summed E-state index contributed by atoms with van der Waals surface area (Å²) in [6, 6.07) is 0. The van der Waals surface area contributed by atoms with Crippen LogP contribution in [0.5, 0.6) is 0 Å². The van der Waals surface area contributed by atoms with Gasteiger partial charge in [0.2, 0.25) is 0 Å². The molecule has 8 heteroatoms. The van der Waals surface area contributed by atoms with Crippen molar-refractivity contribution in [1.29, 1.82) is 0 Å². The molecule has 1 heterocycles. The highest BCUT2D eigenvalue weighted by Gasteiger charge is 2.17. The Bertz CT molecular complexity index is 466. The third kappa shape index (κ3) is 3.54. The lowest BCUT2D eigenvalue weighted by atomic mass is 10.5. The summed E-state index contributed by atoms with van der Waals surface area (Å²) >= 11 is 1.09. The van der Waals surface area contributed by atoms with E-state index in [2.05, 4.69) is 9.71 Å². The van der Waals surface area contributed by atoms with Gasteiger partial charge in [0.25, 0.3) is 10.0 Å². The fourth-order valence-corrected chi connectivity index (χ4v) is 3.14. The summed E-state index contributed by atoms with van der Waals surface area (Å²) < 4.78 is 25.5. The van der Waals surface area contributed by atoms with Crippen LogP contribution in [0.4, 0.5) is 0 Å². The van der Waals surface area contributed by atoms with Crippen LogP contribution in [-0.4, -0.2) is 31.0 Å². The van der Waals surface area contributed by atoms with Gasteiger partial charge in [-0.2, -0.15) is 0 Å². The van der Waals surface area contributed by atoms with Crippen molar-refractivity contribution in [3.05, 3.63) is 11.2 Å². The van der Waals surface area contributed by atoms with Crippen molar-refractivity contribution >= 4 is 27.3 Å². The molecule has 0 aromatic carbocycles. The first-order valence-electron chi connectivity index (χ1n) is 4.62. The molecule has 90 valence electrons. The summed E-state index contributed by atoms with van der Waals surface area (Å²) in [5.41, 5.74) is 0. The van der Waals surface area contributed by atoms with Crippen LogP contribution in [0.1, 0.15) is 18.4 Å². The van der Waals surface area contributed by atoms with Gasteiger partial charge in [0.15, 0.2) is 4.21 Å². The Labute approximate surface area is 97.4 Å². The van der Waals surface area contributed by atoms with Crippen molar-refractivity contribution in [2.24, 2.45) is 0 Å². The number of hydrogen-bond acceptors (Lipinski definition) is 5. The molecule has 0 aliphatic heterocycles. The second-order valence-corrected chi connectivity index (χ2v) is 6.08. The van der Waals surface area contributed by atoms with Gasteiger partial charge in [-0.15, -0.1) is 11.3 Å². The summed E-state index contributed by atoms with van der Waals surface area (Å²) in [6.45, 7) is 1.77. The summed E-state index contributed by atoms with van der Waals surface area (Å²) in [6.07, 6.45) is 1.72. The topological polar surface area (TPSA) is 96.4 Å². The average molecular weight is 264 g/mol. The molecule has 0 atom stereocenters. The van der Waals surface area contributed by atoms with E-state index in [0.29, 0.717) is 6.42 Å². The highest BCUT2D eigenvalue weighted by Crippen LogP contribution is 2.18. The molecule has 0 spiro atoms. The smallest absolute Gasteiger partial charge is 0.304 e. The van der Waals surface area contributed by atoms with E-state index in [-0.39, 0.29) is 17.2 Å². The van der Waals surface area contributed by atoms with Gasteiger partial charge in [-0.3, -0.25) is 4.79 Å². The number of rotatable bonds is 6. The van der Waals surface area contributed by atoms with Crippen LogP contribution in [0.2, 0.25) is 0 Å². The van der Waals surface area contributed by atoms with Crippen LogP contribution in [0.15, 0.2) is 10.4 Å². The van der Waals surface area contributed by atoms with E-state index in [1.807, 2.05) is 6.92 Å². The number of nitrogens with one attached hydrogen (secondary N) is 1. The standard InChI is InChI=1S/C8H12N2O4S2/c1-2-6-9-5-8(15-6)16(13,14)10-4-3-7(11)12/h5,10H,2-4H2,1H3,(H,11,12). The lowest BCUT2D eigenvalue weighted by Gasteiger charge is -2.01. The average Bonchev–Trinajstić information content (AvgIpc) is 2.65. The molecule has 1 aromatic rings. The van der Waals surface area contributed by atoms with Gasteiger partial charge in [-0.1, -0.05) is 6.92 Å². The van der Waals surface area contributed by atoms with E-state index in [9.17, 15) is 13.2 Å². The number of sulfonamides is 1. The van der Waals surface area contributed by atoms with Crippen molar-refractivity contribution in [1.82, 2.24) is 9.71 Å². The first-order valence-corrected chi connectivity index (χ1v) is 6.92. The summed E-state index contributed by atoms with van der Waals surface area (Å²) in [7, 11) is -3.60. The fourth-order valence-electron chi connectivity index (χ4n) is 0.945. The molecule has 1 aromatic heterocycles. The minimum absolute atomic E-state index is 0.114. The van der Waals surface area contributed by atoms with Gasteiger partial charge in [0.05, 0.1) is 17.6 Å². The Balaban J connectivity index is 2.66. The monoisotopic (exact) mass is 264 g/mol. The van der Waals surface area contributed by atoms with Crippen LogP contribution in [0.3, 0.4) is 0 Å². The molecule has 0 radical (unpaired) electrons. The predicted octanol–water partition coefficient (Wildman–Crippen LogP) is 0.458. The van der Waals surface area contributed by atoms with E-state index < -0.39 is 16.0 Å². The number of hydrogen-bond donors (Lipinski definition) is 2. The van der Waals surface area contributed by atoms with E-state index >= 15 is 0 Å². The van der Waals surface area contributed by atoms with Gasteiger partial charge < -0.3 is 5.11 Å². The molecule has 0 amide bonds. The number of nitrogens with zero attached hydrogens (tertiary/aromatic N) is 1. The Morgan fingerprint density at radius 2 is 2.31 bits per heavy atom. The molecule has 0 saturated heterocycles. The lowest BCUT2D eigenvalue weighted by molar-refractivity contribution is -0.136. The second kappa shape index (κ2) is 5.37. The van der Waals surface area contributed by atoms with Gasteiger partial charge in [-0.25, -0.2) is 18.1 Å². The van der Waals surface area contributed by atoms with Gasteiger partial charge in [0, 0.05) is 6.54 Å². The number of aliphatic carboxylic acids is 1. The lowest BCUT2D eigenvalue weighted by Crippen LogP contribution is -2.25. The number of carbonyl (C=O) groups is 1. The van der Waals surface area contributed by atoms with Crippen LogP contribution in [0, 0.1) is 0 Å². The first-order chi connectivity index (χ1) is 7.45. The molecule has 0 saturated carbocycles. The largest absolute Gasteiger partial charge is 0.481 e. The number of carboxylic acids is 1.